The van der Waals surface area contributed by atoms with Crippen molar-refractivity contribution in [3.05, 3.63) is 97.6 Å². The highest BCUT2D eigenvalue weighted by molar-refractivity contribution is 9.10. The summed E-state index contributed by atoms with van der Waals surface area (Å²) in [5.41, 5.74) is 4.82. The van der Waals surface area contributed by atoms with E-state index in [-0.39, 0.29) is 5.91 Å². The number of anilines is 2. The maximum atomic E-state index is 13.9. The van der Waals surface area contributed by atoms with E-state index >= 15 is 0 Å². The molecule has 1 atom stereocenters. The van der Waals surface area contributed by atoms with Gasteiger partial charge in [-0.15, -0.1) is 5.10 Å². The van der Waals surface area contributed by atoms with Crippen molar-refractivity contribution in [3.63, 3.8) is 0 Å². The van der Waals surface area contributed by atoms with Crippen LogP contribution in [0.5, 0.6) is 11.5 Å². The number of hydrogen-bond donors (Lipinski definition) is 2. The molecule has 0 aliphatic carbocycles. The summed E-state index contributed by atoms with van der Waals surface area (Å²) in [7, 11) is 1.60. The van der Waals surface area contributed by atoms with Crippen LogP contribution in [-0.4, -0.2) is 33.5 Å². The van der Waals surface area contributed by atoms with E-state index in [0.717, 1.165) is 39.0 Å². The second kappa shape index (κ2) is 13.4. The molecule has 1 aliphatic rings. The highest BCUT2D eigenvalue weighted by Crippen LogP contribution is 2.43. The topological polar surface area (TPSA) is 90.3 Å². The molecule has 0 saturated heterocycles. The summed E-state index contributed by atoms with van der Waals surface area (Å²) in [6.07, 6.45) is 0.999. The van der Waals surface area contributed by atoms with E-state index in [2.05, 4.69) is 49.4 Å². The lowest BCUT2D eigenvalue weighted by Crippen LogP contribution is -2.31. The standard InChI is InChI=1S/C31H31Br2N5O3S/c1-5-13-42-31-36-30-34-19(3)26(29(39)35-23-8-6-7-18(2)14-23)27(38(30)37-31)21-15-24(33)28(25(16-21)40-4)41-17-20-9-11-22(32)12-10-20/h6-12,14-16,27H,5,13,17H2,1-4H3,(H,35,39)(H,34,36,37). The van der Waals surface area contributed by atoms with Crippen LogP contribution in [0.2, 0.25) is 0 Å². The van der Waals surface area contributed by atoms with Gasteiger partial charge in [-0.2, -0.15) is 4.98 Å². The van der Waals surface area contributed by atoms with Crippen LogP contribution in [0.1, 0.15) is 43.0 Å². The van der Waals surface area contributed by atoms with Crippen molar-refractivity contribution in [2.45, 2.75) is 45.0 Å². The molecule has 11 heteroatoms. The summed E-state index contributed by atoms with van der Waals surface area (Å²) in [6.45, 7) is 6.36. The van der Waals surface area contributed by atoms with Crippen molar-refractivity contribution in [3.8, 4) is 11.5 Å². The molecule has 1 unspecified atom stereocenters. The van der Waals surface area contributed by atoms with E-state index < -0.39 is 6.04 Å². The Bertz CT molecular complexity index is 1640. The summed E-state index contributed by atoms with van der Waals surface area (Å²) >= 11 is 8.77. The highest BCUT2D eigenvalue weighted by atomic mass is 79.9. The van der Waals surface area contributed by atoms with Crippen LogP contribution < -0.4 is 20.1 Å². The van der Waals surface area contributed by atoms with Gasteiger partial charge in [-0.3, -0.25) is 4.79 Å². The number of hydrogen-bond acceptors (Lipinski definition) is 7. The van der Waals surface area contributed by atoms with Crippen LogP contribution in [0.25, 0.3) is 0 Å². The van der Waals surface area contributed by atoms with Gasteiger partial charge in [0.05, 0.1) is 17.2 Å². The third-order valence-corrected chi connectivity index (χ3v) is 8.81. The van der Waals surface area contributed by atoms with Crippen molar-refractivity contribution < 1.29 is 14.3 Å². The van der Waals surface area contributed by atoms with Crippen LogP contribution in [0.3, 0.4) is 0 Å². The molecule has 1 amide bonds. The molecule has 0 bridgehead atoms. The Labute approximate surface area is 266 Å². The van der Waals surface area contributed by atoms with Gasteiger partial charge in [0.2, 0.25) is 11.1 Å². The largest absolute Gasteiger partial charge is 0.493 e. The van der Waals surface area contributed by atoms with Gasteiger partial charge in [0, 0.05) is 21.6 Å². The van der Waals surface area contributed by atoms with Crippen molar-refractivity contribution >= 4 is 61.2 Å². The molecule has 2 heterocycles. The molecule has 0 spiro atoms. The van der Waals surface area contributed by atoms with Gasteiger partial charge in [-0.25, -0.2) is 4.68 Å². The second-order valence-electron chi connectivity index (χ2n) is 9.85. The Morgan fingerprint density at radius 2 is 1.90 bits per heavy atom. The molecule has 4 aromatic rings. The first-order valence-corrected chi connectivity index (χ1v) is 16.0. The number of aromatic nitrogens is 3. The number of aryl methyl sites for hydroxylation is 1. The third-order valence-electron chi connectivity index (χ3n) is 6.65. The fourth-order valence-corrected chi connectivity index (χ4v) is 6.21. The number of benzene rings is 3. The summed E-state index contributed by atoms with van der Waals surface area (Å²) in [5, 5.41) is 11.9. The van der Waals surface area contributed by atoms with Gasteiger partial charge in [-0.05, 0) is 89.3 Å². The van der Waals surface area contributed by atoms with Crippen molar-refractivity contribution in [2.24, 2.45) is 0 Å². The van der Waals surface area contributed by atoms with Crippen LogP contribution in [0.4, 0.5) is 11.6 Å². The SMILES string of the molecule is CCCSc1nc2n(n1)C(c1cc(Br)c(OCc3ccc(Br)cc3)c(OC)c1)C(C(=O)Nc1cccc(C)c1)=C(C)N2. The molecule has 1 aromatic heterocycles. The predicted octanol–water partition coefficient (Wildman–Crippen LogP) is 8.13. The van der Waals surface area contributed by atoms with Gasteiger partial charge in [-0.1, -0.05) is 58.9 Å². The predicted molar refractivity (Wildman–Crippen MR) is 174 cm³/mol. The minimum Gasteiger partial charge on any atom is -0.493 e. The number of rotatable bonds is 10. The van der Waals surface area contributed by atoms with Gasteiger partial charge in [0.1, 0.15) is 12.6 Å². The normalized spacial score (nSPS) is 14.3. The number of nitrogens with one attached hydrogen (secondary N) is 2. The zero-order valence-electron chi connectivity index (χ0n) is 23.7. The quantitative estimate of drug-likeness (QED) is 0.161. The van der Waals surface area contributed by atoms with Crippen molar-refractivity contribution in [1.82, 2.24) is 14.8 Å². The smallest absolute Gasteiger partial charge is 0.255 e. The Morgan fingerprint density at radius 3 is 2.62 bits per heavy atom. The average Bonchev–Trinajstić information content (AvgIpc) is 3.37. The number of allylic oxidation sites excluding steroid dienone is 1. The first-order valence-electron chi connectivity index (χ1n) is 13.5. The summed E-state index contributed by atoms with van der Waals surface area (Å²) in [4.78, 5) is 18.6. The van der Waals surface area contributed by atoms with E-state index in [1.807, 2.05) is 74.5 Å². The zero-order chi connectivity index (χ0) is 29.8. The van der Waals surface area contributed by atoms with E-state index in [1.54, 1.807) is 23.6 Å². The number of halogens is 2. The maximum Gasteiger partial charge on any atom is 0.255 e. The molecule has 2 N–H and O–H groups in total. The first-order chi connectivity index (χ1) is 20.3. The minimum atomic E-state index is -0.569. The van der Waals surface area contributed by atoms with E-state index in [0.29, 0.717) is 45.0 Å². The molecule has 0 radical (unpaired) electrons. The molecule has 1 aliphatic heterocycles. The number of nitrogens with zero attached hydrogens (tertiary/aromatic N) is 3. The molecule has 8 nitrogen and oxygen atoms in total. The minimum absolute atomic E-state index is 0.231. The molecule has 5 rings (SSSR count). The molecule has 3 aromatic carbocycles. The Balaban J connectivity index is 1.54. The maximum absolute atomic E-state index is 13.9. The summed E-state index contributed by atoms with van der Waals surface area (Å²) in [5.74, 6) is 2.35. The monoisotopic (exact) mass is 711 g/mol. The highest BCUT2D eigenvalue weighted by Gasteiger charge is 2.35. The number of fused-ring (bicyclic) bond motifs is 1. The number of methoxy groups -OCH3 is 1. The lowest BCUT2D eigenvalue weighted by atomic mass is 9.94. The second-order valence-corrected chi connectivity index (χ2v) is 12.7. The van der Waals surface area contributed by atoms with Crippen LogP contribution in [0.15, 0.2) is 86.0 Å². The summed E-state index contributed by atoms with van der Waals surface area (Å²) < 4.78 is 15.5. The van der Waals surface area contributed by atoms with Gasteiger partial charge in [0.25, 0.3) is 5.91 Å². The Kier molecular flexibility index (Phi) is 9.60. The van der Waals surface area contributed by atoms with Crippen LogP contribution in [-0.2, 0) is 11.4 Å². The number of carbonyl (C=O) groups is 1. The molecular formula is C31H31Br2N5O3S. The number of amides is 1. The summed E-state index contributed by atoms with van der Waals surface area (Å²) in [6, 6.07) is 19.0. The van der Waals surface area contributed by atoms with Gasteiger partial charge < -0.3 is 20.1 Å². The van der Waals surface area contributed by atoms with Crippen molar-refractivity contribution in [2.75, 3.05) is 23.5 Å². The lowest BCUT2D eigenvalue weighted by Gasteiger charge is -2.29. The van der Waals surface area contributed by atoms with Crippen LogP contribution >= 0.6 is 43.6 Å². The number of thioether (sulfide) groups is 1. The average molecular weight is 713 g/mol. The Hall–Kier alpha value is -3.28. The molecule has 0 fully saturated rings. The fraction of sp³-hybridized carbons (Fsp3) is 0.258. The zero-order valence-corrected chi connectivity index (χ0v) is 27.7. The molecule has 218 valence electrons. The van der Waals surface area contributed by atoms with Gasteiger partial charge >= 0.3 is 0 Å². The van der Waals surface area contributed by atoms with E-state index in [1.165, 1.54) is 0 Å². The molecule has 0 saturated carbocycles. The van der Waals surface area contributed by atoms with Crippen LogP contribution in [0, 0.1) is 6.92 Å². The molecular weight excluding hydrogens is 682 g/mol. The first kappa shape index (κ1) is 30.2. The van der Waals surface area contributed by atoms with E-state index in [9.17, 15) is 4.79 Å². The third kappa shape index (κ3) is 6.68. The number of carbonyl (C=O) groups excluding carboxylic acids is 1. The Morgan fingerprint density at radius 1 is 1.12 bits per heavy atom. The lowest BCUT2D eigenvalue weighted by molar-refractivity contribution is -0.113. The van der Waals surface area contributed by atoms with Gasteiger partial charge in [0.15, 0.2) is 11.5 Å². The number of ether oxygens (including phenoxy) is 2. The van der Waals surface area contributed by atoms with Crippen molar-refractivity contribution in [1.29, 1.82) is 0 Å². The fourth-order valence-electron chi connectivity index (χ4n) is 4.68. The van der Waals surface area contributed by atoms with E-state index in [4.69, 9.17) is 19.6 Å². The molecule has 42 heavy (non-hydrogen) atoms.